The van der Waals surface area contributed by atoms with E-state index in [2.05, 4.69) is 20.0 Å². The standard InChI is InChI=1S/C34H35F3N4O5/c1-2-3-10-30(42)41(33(32(43)44)17-5-4-6-18-33)21-23-11-13-24(14-12-23)29-20-26(15-16-28(29)31-38-22-39-40-31)45-25-8-7-9-27(19-25)46-34(35,36)37/h7-9,11-16,19-20H,2-6,10,17-18,21-22H2,1H3,(H,43,44). The van der Waals surface area contributed by atoms with Gasteiger partial charge in [-0.25, -0.2) is 9.79 Å². The van der Waals surface area contributed by atoms with Crippen LogP contribution in [-0.4, -0.2) is 46.3 Å². The van der Waals surface area contributed by atoms with Crippen molar-refractivity contribution in [3.8, 4) is 28.4 Å². The number of carbonyl (C=O) groups is 2. The number of hydrogen-bond acceptors (Lipinski definition) is 7. The van der Waals surface area contributed by atoms with Gasteiger partial charge in [0.2, 0.25) is 5.91 Å². The van der Waals surface area contributed by atoms with E-state index in [1.165, 1.54) is 18.2 Å². The molecule has 5 rings (SSSR count). The van der Waals surface area contributed by atoms with E-state index in [0.29, 0.717) is 48.4 Å². The maximum Gasteiger partial charge on any atom is 0.573 e. The topological polar surface area (TPSA) is 113 Å². The number of benzene rings is 3. The molecule has 0 unspecified atom stereocenters. The minimum atomic E-state index is -4.83. The summed E-state index contributed by atoms with van der Waals surface area (Å²) in [5.41, 5.74) is 1.69. The number of hydrogen-bond donors (Lipinski definition) is 1. The summed E-state index contributed by atoms with van der Waals surface area (Å²) in [6, 6.07) is 17.9. The minimum Gasteiger partial charge on any atom is -0.479 e. The lowest BCUT2D eigenvalue weighted by Gasteiger charge is -2.43. The second kappa shape index (κ2) is 14.1. The Morgan fingerprint density at radius 3 is 2.30 bits per heavy atom. The molecule has 1 amide bonds. The molecule has 0 saturated heterocycles. The third-order valence-electron chi connectivity index (χ3n) is 8.20. The van der Waals surface area contributed by atoms with E-state index in [9.17, 15) is 27.9 Å². The van der Waals surface area contributed by atoms with Gasteiger partial charge in [0.15, 0.2) is 12.5 Å². The van der Waals surface area contributed by atoms with Crippen LogP contribution in [0.4, 0.5) is 13.2 Å². The van der Waals surface area contributed by atoms with Gasteiger partial charge in [0.1, 0.15) is 22.8 Å². The van der Waals surface area contributed by atoms with Crippen LogP contribution in [0.5, 0.6) is 17.2 Å². The maximum absolute atomic E-state index is 13.4. The molecule has 1 N–H and O–H groups in total. The van der Waals surface area contributed by atoms with Crippen LogP contribution in [0.25, 0.3) is 11.1 Å². The highest BCUT2D eigenvalue weighted by Crippen LogP contribution is 2.37. The number of carboxylic acids is 1. The number of rotatable bonds is 12. The Morgan fingerprint density at radius 2 is 1.65 bits per heavy atom. The van der Waals surface area contributed by atoms with Gasteiger partial charge in [0.05, 0.1) is 0 Å². The number of carbonyl (C=O) groups excluding carboxylic acids is 1. The zero-order valence-electron chi connectivity index (χ0n) is 25.4. The van der Waals surface area contributed by atoms with Crippen molar-refractivity contribution in [2.75, 3.05) is 6.67 Å². The molecule has 242 valence electrons. The summed E-state index contributed by atoms with van der Waals surface area (Å²) in [7, 11) is 0. The SMILES string of the molecule is CCCCC(=O)N(Cc1ccc(-c2cc(Oc3cccc(OC(F)(F)F)c3)ccc2C2=NCN=N2)cc1)C1(C(=O)O)CCCCC1. The molecule has 0 atom stereocenters. The van der Waals surface area contributed by atoms with Gasteiger partial charge in [0.25, 0.3) is 0 Å². The largest absolute Gasteiger partial charge is 0.573 e. The first-order valence-corrected chi connectivity index (χ1v) is 15.3. The summed E-state index contributed by atoms with van der Waals surface area (Å²) in [6.45, 7) is 2.36. The molecule has 3 aromatic rings. The van der Waals surface area contributed by atoms with Gasteiger partial charge in [0, 0.05) is 24.6 Å². The summed E-state index contributed by atoms with van der Waals surface area (Å²) < 4.78 is 48.1. The summed E-state index contributed by atoms with van der Waals surface area (Å²) in [6.07, 6.45) is 0.289. The molecule has 0 radical (unpaired) electrons. The fourth-order valence-corrected chi connectivity index (χ4v) is 5.91. The Balaban J connectivity index is 1.44. The number of carboxylic acid groups (broad SMARTS) is 1. The van der Waals surface area contributed by atoms with Crippen LogP contribution < -0.4 is 9.47 Å². The Bertz CT molecular complexity index is 1620. The summed E-state index contributed by atoms with van der Waals surface area (Å²) in [5, 5.41) is 18.4. The van der Waals surface area contributed by atoms with Crippen molar-refractivity contribution in [3.63, 3.8) is 0 Å². The quantitative estimate of drug-likeness (QED) is 0.214. The number of unbranched alkanes of at least 4 members (excludes halogenated alkanes) is 1. The number of azo groups is 1. The Kier molecular flexibility index (Phi) is 10.0. The normalized spacial score (nSPS) is 15.7. The zero-order chi connectivity index (χ0) is 32.7. The molecule has 0 spiro atoms. The van der Waals surface area contributed by atoms with E-state index in [4.69, 9.17) is 4.74 Å². The monoisotopic (exact) mass is 636 g/mol. The third-order valence-corrected chi connectivity index (χ3v) is 8.20. The maximum atomic E-state index is 13.4. The Morgan fingerprint density at radius 1 is 0.935 bits per heavy atom. The number of nitrogens with zero attached hydrogens (tertiary/aromatic N) is 4. The molecular weight excluding hydrogens is 601 g/mol. The van der Waals surface area contributed by atoms with Crippen LogP contribution in [0.2, 0.25) is 0 Å². The molecule has 2 aliphatic rings. The van der Waals surface area contributed by atoms with E-state index in [0.717, 1.165) is 42.9 Å². The van der Waals surface area contributed by atoms with Crippen molar-refractivity contribution >= 4 is 17.7 Å². The highest BCUT2D eigenvalue weighted by atomic mass is 19.4. The first kappa shape index (κ1) is 32.6. The molecular formula is C34H35F3N4O5. The Labute approximate surface area is 264 Å². The number of halogens is 3. The highest BCUT2D eigenvalue weighted by molar-refractivity contribution is 6.05. The summed E-state index contributed by atoms with van der Waals surface area (Å²) in [5.74, 6) is -0.584. The molecule has 1 fully saturated rings. The lowest BCUT2D eigenvalue weighted by molar-refractivity contribution is -0.274. The third kappa shape index (κ3) is 7.72. The van der Waals surface area contributed by atoms with E-state index in [1.54, 1.807) is 23.1 Å². The number of aliphatic imine (C=N–C) groups is 1. The van der Waals surface area contributed by atoms with Gasteiger partial charge in [-0.15, -0.1) is 18.3 Å². The van der Waals surface area contributed by atoms with Crippen molar-refractivity contribution in [1.82, 2.24) is 4.90 Å². The molecule has 1 saturated carbocycles. The number of alkyl halides is 3. The summed E-state index contributed by atoms with van der Waals surface area (Å²) >= 11 is 0. The zero-order valence-corrected chi connectivity index (χ0v) is 25.4. The fraction of sp³-hybridized carbons (Fsp3) is 0.382. The lowest BCUT2D eigenvalue weighted by atomic mass is 9.79. The van der Waals surface area contributed by atoms with Crippen molar-refractivity contribution in [2.24, 2.45) is 15.2 Å². The van der Waals surface area contributed by atoms with Crippen LogP contribution >= 0.6 is 0 Å². The van der Waals surface area contributed by atoms with Crippen LogP contribution in [-0.2, 0) is 16.1 Å². The number of aliphatic carboxylic acids is 1. The minimum absolute atomic E-state index is 0.150. The molecule has 0 aromatic heterocycles. The van der Waals surface area contributed by atoms with Gasteiger partial charge in [-0.2, -0.15) is 5.11 Å². The van der Waals surface area contributed by atoms with Crippen LogP contribution in [0.1, 0.15) is 69.4 Å². The molecule has 1 aliphatic carbocycles. The average molecular weight is 637 g/mol. The van der Waals surface area contributed by atoms with Crippen molar-refractivity contribution < 1.29 is 37.3 Å². The average Bonchev–Trinajstić information content (AvgIpc) is 3.57. The lowest BCUT2D eigenvalue weighted by Crippen LogP contribution is -2.57. The van der Waals surface area contributed by atoms with Gasteiger partial charge in [-0.1, -0.05) is 62.9 Å². The van der Waals surface area contributed by atoms with E-state index < -0.39 is 23.6 Å². The van der Waals surface area contributed by atoms with Gasteiger partial charge < -0.3 is 19.5 Å². The van der Waals surface area contributed by atoms with Crippen LogP contribution in [0.15, 0.2) is 82.0 Å². The van der Waals surface area contributed by atoms with Crippen LogP contribution in [0.3, 0.4) is 0 Å². The van der Waals surface area contributed by atoms with E-state index in [1.807, 2.05) is 31.2 Å². The second-order valence-corrected chi connectivity index (χ2v) is 11.4. The number of amidine groups is 1. The van der Waals surface area contributed by atoms with E-state index >= 15 is 0 Å². The smallest absolute Gasteiger partial charge is 0.479 e. The van der Waals surface area contributed by atoms with Crippen LogP contribution in [0, 0.1) is 0 Å². The van der Waals surface area contributed by atoms with Crippen molar-refractivity contribution in [1.29, 1.82) is 0 Å². The first-order valence-electron chi connectivity index (χ1n) is 15.3. The second-order valence-electron chi connectivity index (χ2n) is 11.4. The molecule has 3 aromatic carbocycles. The first-order chi connectivity index (χ1) is 22.1. The predicted molar refractivity (Wildman–Crippen MR) is 165 cm³/mol. The predicted octanol–water partition coefficient (Wildman–Crippen LogP) is 8.52. The van der Waals surface area contributed by atoms with Crippen molar-refractivity contribution in [3.05, 3.63) is 77.9 Å². The molecule has 9 nitrogen and oxygen atoms in total. The van der Waals surface area contributed by atoms with Crippen molar-refractivity contribution in [2.45, 2.75) is 76.7 Å². The van der Waals surface area contributed by atoms with Gasteiger partial charge in [-0.3, -0.25) is 4.79 Å². The fourth-order valence-electron chi connectivity index (χ4n) is 5.91. The molecule has 46 heavy (non-hydrogen) atoms. The summed E-state index contributed by atoms with van der Waals surface area (Å²) in [4.78, 5) is 32.0. The molecule has 1 heterocycles. The Hall–Kier alpha value is -4.74. The molecule has 0 bridgehead atoms. The molecule has 1 aliphatic heterocycles. The highest BCUT2D eigenvalue weighted by Gasteiger charge is 2.47. The van der Waals surface area contributed by atoms with Gasteiger partial charge >= 0.3 is 12.3 Å². The van der Waals surface area contributed by atoms with E-state index in [-0.39, 0.29) is 24.9 Å². The van der Waals surface area contributed by atoms with Gasteiger partial charge in [-0.05, 0) is 66.3 Å². The number of ether oxygens (including phenoxy) is 2. The number of amides is 1. The molecule has 12 heteroatoms.